The van der Waals surface area contributed by atoms with Crippen molar-refractivity contribution in [2.75, 3.05) is 18.5 Å². The minimum atomic E-state index is -1.10. The van der Waals surface area contributed by atoms with E-state index < -0.39 is 5.97 Å². The number of hydrogen-bond donors (Lipinski definition) is 2. The first-order valence-corrected chi connectivity index (χ1v) is 6.41. The molecule has 2 heterocycles. The number of rotatable bonds is 4. The van der Waals surface area contributed by atoms with Crippen molar-refractivity contribution in [1.29, 1.82) is 0 Å². The summed E-state index contributed by atoms with van der Waals surface area (Å²) in [4.78, 5) is 18.5. The first-order chi connectivity index (χ1) is 10.2. The minimum Gasteiger partial charge on any atom is -0.486 e. The van der Waals surface area contributed by atoms with Crippen LogP contribution in [0.2, 0.25) is 0 Å². The summed E-state index contributed by atoms with van der Waals surface area (Å²) < 4.78 is 11.1. The monoisotopic (exact) mass is 287 g/mol. The Labute approximate surface area is 120 Å². The fourth-order valence-electron chi connectivity index (χ4n) is 1.99. The van der Waals surface area contributed by atoms with Gasteiger partial charge in [-0.3, -0.25) is 0 Å². The first kappa shape index (κ1) is 13.2. The van der Waals surface area contributed by atoms with E-state index in [2.05, 4.69) is 15.3 Å². The first-order valence-electron chi connectivity index (χ1n) is 6.41. The molecule has 7 nitrogen and oxygen atoms in total. The fraction of sp³-hybridized carbons (Fsp3) is 0.214. The molecule has 1 aliphatic heterocycles. The summed E-state index contributed by atoms with van der Waals surface area (Å²) in [5.74, 6) is 0.852. The van der Waals surface area contributed by atoms with E-state index in [1.807, 2.05) is 18.2 Å². The molecule has 0 fully saturated rings. The Kier molecular flexibility index (Phi) is 3.55. The third-order valence-electron chi connectivity index (χ3n) is 2.98. The van der Waals surface area contributed by atoms with Gasteiger partial charge in [-0.15, -0.1) is 0 Å². The standard InChI is InChI=1S/C14H13N3O4/c18-14(19)10-7-17-12(8-15-10)16-6-9-2-1-3-11-13(9)21-5-4-20-11/h1-3,7-8H,4-6H2,(H,16,17)(H,18,19). The van der Waals surface area contributed by atoms with E-state index in [0.717, 1.165) is 17.1 Å². The van der Waals surface area contributed by atoms with Crippen LogP contribution in [0.25, 0.3) is 0 Å². The predicted octanol–water partition coefficient (Wildman–Crippen LogP) is 1.56. The Balaban J connectivity index is 1.71. The molecule has 0 unspecified atom stereocenters. The van der Waals surface area contributed by atoms with E-state index in [-0.39, 0.29) is 5.69 Å². The number of aromatic carboxylic acids is 1. The summed E-state index contributed by atoms with van der Waals surface area (Å²) in [5, 5.41) is 11.8. The molecule has 0 amide bonds. The smallest absolute Gasteiger partial charge is 0.356 e. The average molecular weight is 287 g/mol. The van der Waals surface area contributed by atoms with Crippen molar-refractivity contribution in [1.82, 2.24) is 9.97 Å². The van der Waals surface area contributed by atoms with Gasteiger partial charge in [-0.05, 0) is 6.07 Å². The highest BCUT2D eigenvalue weighted by atomic mass is 16.6. The van der Waals surface area contributed by atoms with Crippen LogP contribution in [0.5, 0.6) is 11.5 Å². The summed E-state index contributed by atoms with van der Waals surface area (Å²) in [5.41, 5.74) is 0.852. The van der Waals surface area contributed by atoms with Crippen LogP contribution in [0.4, 0.5) is 5.82 Å². The summed E-state index contributed by atoms with van der Waals surface area (Å²) in [7, 11) is 0. The molecule has 21 heavy (non-hydrogen) atoms. The van der Waals surface area contributed by atoms with Gasteiger partial charge in [0.25, 0.3) is 0 Å². The molecular formula is C14H13N3O4. The number of anilines is 1. The molecule has 1 aromatic carbocycles. The van der Waals surface area contributed by atoms with Gasteiger partial charge in [0, 0.05) is 12.1 Å². The van der Waals surface area contributed by atoms with Crippen molar-refractivity contribution in [3.8, 4) is 11.5 Å². The fourth-order valence-corrected chi connectivity index (χ4v) is 1.99. The molecule has 108 valence electrons. The lowest BCUT2D eigenvalue weighted by Crippen LogP contribution is -2.17. The largest absolute Gasteiger partial charge is 0.486 e. The molecule has 1 aliphatic rings. The second-order valence-electron chi connectivity index (χ2n) is 4.39. The lowest BCUT2D eigenvalue weighted by atomic mass is 10.1. The maximum Gasteiger partial charge on any atom is 0.356 e. The number of fused-ring (bicyclic) bond motifs is 1. The van der Waals surface area contributed by atoms with Crippen LogP contribution < -0.4 is 14.8 Å². The number of carboxylic acids is 1. The van der Waals surface area contributed by atoms with Crippen molar-refractivity contribution in [3.05, 3.63) is 41.9 Å². The van der Waals surface area contributed by atoms with Crippen molar-refractivity contribution in [3.63, 3.8) is 0 Å². The number of ether oxygens (including phenoxy) is 2. The highest BCUT2D eigenvalue weighted by Gasteiger charge is 2.15. The topological polar surface area (TPSA) is 93.6 Å². The molecular weight excluding hydrogens is 274 g/mol. The SMILES string of the molecule is O=C(O)c1cnc(NCc2cccc3c2OCCO3)cn1. The number of carboxylic acid groups (broad SMARTS) is 1. The van der Waals surface area contributed by atoms with Crippen LogP contribution in [0.15, 0.2) is 30.6 Å². The summed E-state index contributed by atoms with van der Waals surface area (Å²) in [6.07, 6.45) is 2.60. The number of carbonyl (C=O) groups is 1. The van der Waals surface area contributed by atoms with Gasteiger partial charge in [-0.1, -0.05) is 12.1 Å². The van der Waals surface area contributed by atoms with E-state index in [4.69, 9.17) is 14.6 Å². The Morgan fingerprint density at radius 3 is 2.86 bits per heavy atom. The third-order valence-corrected chi connectivity index (χ3v) is 2.98. The van der Waals surface area contributed by atoms with Crippen molar-refractivity contribution in [2.45, 2.75) is 6.54 Å². The van der Waals surface area contributed by atoms with Crippen molar-refractivity contribution >= 4 is 11.8 Å². The van der Waals surface area contributed by atoms with Gasteiger partial charge < -0.3 is 19.9 Å². The van der Waals surface area contributed by atoms with Gasteiger partial charge in [0.05, 0.1) is 12.4 Å². The normalized spacial score (nSPS) is 12.8. The maximum absolute atomic E-state index is 10.7. The van der Waals surface area contributed by atoms with Gasteiger partial charge in [-0.2, -0.15) is 0 Å². The second kappa shape index (κ2) is 5.66. The molecule has 0 radical (unpaired) electrons. The third kappa shape index (κ3) is 2.86. The van der Waals surface area contributed by atoms with E-state index in [0.29, 0.717) is 25.6 Å². The molecule has 1 aromatic heterocycles. The maximum atomic E-state index is 10.7. The van der Waals surface area contributed by atoms with Crippen LogP contribution in [-0.2, 0) is 6.54 Å². The molecule has 2 aromatic rings. The molecule has 0 spiro atoms. The van der Waals surface area contributed by atoms with E-state index in [1.165, 1.54) is 12.4 Å². The van der Waals surface area contributed by atoms with E-state index in [1.54, 1.807) is 0 Å². The van der Waals surface area contributed by atoms with E-state index >= 15 is 0 Å². The summed E-state index contributed by atoms with van der Waals surface area (Å²) >= 11 is 0. The molecule has 0 bridgehead atoms. The number of para-hydroxylation sites is 1. The highest BCUT2D eigenvalue weighted by molar-refractivity contribution is 5.84. The van der Waals surface area contributed by atoms with Crippen molar-refractivity contribution < 1.29 is 19.4 Å². The lowest BCUT2D eigenvalue weighted by Gasteiger charge is -2.21. The Bertz CT molecular complexity index is 658. The molecule has 0 saturated heterocycles. The van der Waals surface area contributed by atoms with Crippen LogP contribution in [0, 0.1) is 0 Å². The Morgan fingerprint density at radius 2 is 2.10 bits per heavy atom. The van der Waals surface area contributed by atoms with Crippen LogP contribution >= 0.6 is 0 Å². The number of nitrogens with one attached hydrogen (secondary N) is 1. The lowest BCUT2D eigenvalue weighted by molar-refractivity contribution is 0.0690. The van der Waals surface area contributed by atoms with Gasteiger partial charge in [0.1, 0.15) is 19.0 Å². The molecule has 0 saturated carbocycles. The molecule has 2 N–H and O–H groups in total. The van der Waals surface area contributed by atoms with Crippen molar-refractivity contribution in [2.24, 2.45) is 0 Å². The molecule has 7 heteroatoms. The van der Waals surface area contributed by atoms with E-state index in [9.17, 15) is 4.79 Å². The molecule has 0 aliphatic carbocycles. The van der Waals surface area contributed by atoms with Gasteiger partial charge >= 0.3 is 5.97 Å². The Morgan fingerprint density at radius 1 is 1.24 bits per heavy atom. The number of hydrogen-bond acceptors (Lipinski definition) is 6. The highest BCUT2D eigenvalue weighted by Crippen LogP contribution is 2.33. The number of nitrogens with zero attached hydrogens (tertiary/aromatic N) is 2. The zero-order chi connectivity index (χ0) is 14.7. The predicted molar refractivity (Wildman–Crippen MR) is 73.8 cm³/mol. The van der Waals surface area contributed by atoms with Gasteiger partial charge in [0.2, 0.25) is 0 Å². The number of aromatic nitrogens is 2. The number of benzene rings is 1. The minimum absolute atomic E-state index is 0.0885. The zero-order valence-electron chi connectivity index (χ0n) is 11.1. The van der Waals surface area contributed by atoms with Gasteiger partial charge in [0.15, 0.2) is 17.2 Å². The van der Waals surface area contributed by atoms with Crippen LogP contribution in [0.1, 0.15) is 16.1 Å². The van der Waals surface area contributed by atoms with Gasteiger partial charge in [-0.25, -0.2) is 14.8 Å². The molecule has 0 atom stereocenters. The summed E-state index contributed by atoms with van der Waals surface area (Å²) in [6.45, 7) is 1.55. The molecule has 3 rings (SSSR count). The summed E-state index contributed by atoms with van der Waals surface area (Å²) in [6, 6.07) is 5.68. The Hall–Kier alpha value is -2.83. The van der Waals surface area contributed by atoms with Crippen LogP contribution in [-0.4, -0.2) is 34.3 Å². The quantitative estimate of drug-likeness (QED) is 0.881. The zero-order valence-corrected chi connectivity index (χ0v) is 11.1. The van der Waals surface area contributed by atoms with Crippen LogP contribution in [0.3, 0.4) is 0 Å². The average Bonchev–Trinajstić information content (AvgIpc) is 2.53. The second-order valence-corrected chi connectivity index (χ2v) is 4.39.